The van der Waals surface area contributed by atoms with E-state index in [1.54, 1.807) is 14.2 Å². The molecule has 5 atom stereocenters. The van der Waals surface area contributed by atoms with Crippen molar-refractivity contribution in [3.8, 4) is 5.75 Å². The molecule has 3 heterocycles. The highest BCUT2D eigenvalue weighted by atomic mass is 16.5. The first-order chi connectivity index (χ1) is 21.5. The van der Waals surface area contributed by atoms with Crippen molar-refractivity contribution in [3.05, 3.63) is 59.2 Å². The van der Waals surface area contributed by atoms with Crippen molar-refractivity contribution < 1.29 is 28.5 Å². The highest BCUT2D eigenvalue weighted by Gasteiger charge is 2.37. The van der Waals surface area contributed by atoms with E-state index in [0.29, 0.717) is 32.9 Å². The molecule has 0 saturated carbocycles. The molecule has 242 valence electrons. The van der Waals surface area contributed by atoms with Crippen molar-refractivity contribution in [1.82, 2.24) is 10.2 Å². The third-order valence-electron chi connectivity index (χ3n) is 9.29. The van der Waals surface area contributed by atoms with Gasteiger partial charge in [-0.3, -0.25) is 4.79 Å². The lowest BCUT2D eigenvalue weighted by Gasteiger charge is -2.41. The van der Waals surface area contributed by atoms with Crippen LogP contribution >= 0.6 is 0 Å². The normalized spacial score (nSPS) is 25.4. The van der Waals surface area contributed by atoms with Gasteiger partial charge in [-0.25, -0.2) is 0 Å². The molecule has 44 heavy (non-hydrogen) atoms. The summed E-state index contributed by atoms with van der Waals surface area (Å²) in [6, 6.07) is 15.4. The van der Waals surface area contributed by atoms with E-state index in [4.69, 9.17) is 23.7 Å². The van der Waals surface area contributed by atoms with Gasteiger partial charge in [0, 0.05) is 58.5 Å². The third-order valence-corrected chi connectivity index (χ3v) is 9.29. The maximum Gasteiger partial charge on any atom is 0.249 e. The monoisotopic (exact) mass is 609 g/mol. The number of methoxy groups -OCH3 is 2. The Balaban J connectivity index is 1.30. The van der Waals surface area contributed by atoms with Crippen LogP contribution in [0.5, 0.6) is 5.75 Å². The first-order valence-corrected chi connectivity index (χ1v) is 16.3. The van der Waals surface area contributed by atoms with Gasteiger partial charge in [-0.2, -0.15) is 0 Å². The van der Waals surface area contributed by atoms with Gasteiger partial charge >= 0.3 is 0 Å². The maximum absolute atomic E-state index is 13.4. The highest BCUT2D eigenvalue weighted by molar-refractivity contribution is 5.78. The molecule has 9 heteroatoms. The van der Waals surface area contributed by atoms with Gasteiger partial charge in [0.05, 0.1) is 37.7 Å². The van der Waals surface area contributed by atoms with Gasteiger partial charge in [-0.15, -0.1) is 0 Å². The molecule has 5 rings (SSSR count). The third kappa shape index (κ3) is 8.12. The summed E-state index contributed by atoms with van der Waals surface area (Å²) < 4.78 is 29.7. The summed E-state index contributed by atoms with van der Waals surface area (Å²) in [5.74, 6) is 0.970. The predicted molar refractivity (Wildman–Crippen MR) is 171 cm³/mol. The summed E-state index contributed by atoms with van der Waals surface area (Å²) in [5.41, 5.74) is 4.49. The number of piperidine rings is 2. The fourth-order valence-electron chi connectivity index (χ4n) is 7.03. The number of anilines is 1. The largest absolute Gasteiger partial charge is 0.490 e. The van der Waals surface area contributed by atoms with Gasteiger partial charge in [-0.05, 0) is 68.4 Å². The van der Waals surface area contributed by atoms with Crippen molar-refractivity contribution in [2.75, 3.05) is 65.1 Å². The molecule has 0 bridgehead atoms. The van der Waals surface area contributed by atoms with Crippen LogP contribution in [-0.2, 0) is 37.0 Å². The lowest BCUT2D eigenvalue weighted by molar-refractivity contribution is -0.147. The predicted octanol–water partition coefficient (Wildman–Crippen LogP) is 4.52. The molecule has 0 aromatic heterocycles. The van der Waals surface area contributed by atoms with Crippen LogP contribution in [0.15, 0.2) is 42.5 Å². The van der Waals surface area contributed by atoms with Crippen LogP contribution in [0.25, 0.3) is 0 Å². The second kappa shape index (κ2) is 16.0. The molecule has 2 saturated heterocycles. The van der Waals surface area contributed by atoms with Crippen LogP contribution in [0.3, 0.4) is 0 Å². The van der Waals surface area contributed by atoms with E-state index < -0.39 is 0 Å². The smallest absolute Gasteiger partial charge is 0.249 e. The number of amides is 1. The summed E-state index contributed by atoms with van der Waals surface area (Å²) in [5, 5.41) is 3.52. The second-order valence-corrected chi connectivity index (χ2v) is 12.5. The van der Waals surface area contributed by atoms with Gasteiger partial charge < -0.3 is 38.8 Å². The molecule has 9 nitrogen and oxygen atoms in total. The topological polar surface area (TPSA) is 81.7 Å². The minimum Gasteiger partial charge on any atom is -0.490 e. The zero-order valence-electron chi connectivity index (χ0n) is 27.0. The number of rotatable bonds is 13. The molecule has 2 aromatic carbocycles. The van der Waals surface area contributed by atoms with Crippen LogP contribution in [0.2, 0.25) is 0 Å². The van der Waals surface area contributed by atoms with E-state index in [2.05, 4.69) is 66.5 Å². The average molecular weight is 610 g/mol. The van der Waals surface area contributed by atoms with Gasteiger partial charge in [0.2, 0.25) is 5.91 Å². The quantitative estimate of drug-likeness (QED) is 0.332. The van der Waals surface area contributed by atoms with Gasteiger partial charge in [0.1, 0.15) is 19.0 Å². The Morgan fingerprint density at radius 1 is 0.932 bits per heavy atom. The molecule has 2 aromatic rings. The number of nitrogens with zero attached hydrogens (tertiary/aromatic N) is 2. The van der Waals surface area contributed by atoms with Gasteiger partial charge in [0.15, 0.2) is 0 Å². The molecule has 1 amide bonds. The summed E-state index contributed by atoms with van der Waals surface area (Å²) in [4.78, 5) is 17.8. The second-order valence-electron chi connectivity index (χ2n) is 12.5. The molecule has 0 aliphatic carbocycles. The lowest BCUT2D eigenvalue weighted by Crippen LogP contribution is -2.53. The SMILES string of the molecule is COCCCN1CCOc2ccc(CO[C@H]3CNC[C@@H](OCC(=O)N4[C@H](C)CCC[C@@H]4C)[C@@H]3c3ccc(COC)cc3)cc21. The number of hydrogen-bond acceptors (Lipinski definition) is 8. The van der Waals surface area contributed by atoms with E-state index in [1.165, 1.54) is 6.42 Å². The molecule has 0 radical (unpaired) electrons. The molecular formula is C35H51N3O6. The Labute approximate surface area is 263 Å². The first-order valence-electron chi connectivity index (χ1n) is 16.3. The van der Waals surface area contributed by atoms with Crippen LogP contribution in [0.1, 0.15) is 62.1 Å². The van der Waals surface area contributed by atoms with Crippen molar-refractivity contribution in [1.29, 1.82) is 0 Å². The summed E-state index contributed by atoms with van der Waals surface area (Å²) in [7, 11) is 3.45. The maximum atomic E-state index is 13.4. The molecule has 3 aliphatic heterocycles. The van der Waals surface area contributed by atoms with E-state index in [0.717, 1.165) is 67.1 Å². The Bertz CT molecular complexity index is 1180. The number of nitrogens with one attached hydrogen (secondary N) is 1. The number of likely N-dealkylation sites (tertiary alicyclic amines) is 1. The zero-order chi connectivity index (χ0) is 30.9. The van der Waals surface area contributed by atoms with Crippen molar-refractivity contribution in [3.63, 3.8) is 0 Å². The summed E-state index contributed by atoms with van der Waals surface area (Å²) >= 11 is 0. The first kappa shape index (κ1) is 32.7. The van der Waals surface area contributed by atoms with E-state index >= 15 is 0 Å². The van der Waals surface area contributed by atoms with Gasteiger partial charge in [0.25, 0.3) is 0 Å². The average Bonchev–Trinajstić information content (AvgIpc) is 3.03. The minimum absolute atomic E-state index is 0.0247. The molecule has 1 N–H and O–H groups in total. The highest BCUT2D eigenvalue weighted by Crippen LogP contribution is 2.35. The number of carbonyl (C=O) groups is 1. The van der Waals surface area contributed by atoms with Crippen molar-refractivity contribution in [2.24, 2.45) is 0 Å². The van der Waals surface area contributed by atoms with Crippen LogP contribution in [-0.4, -0.2) is 95.3 Å². The number of ether oxygens (including phenoxy) is 5. The van der Waals surface area contributed by atoms with Crippen LogP contribution < -0.4 is 15.0 Å². The van der Waals surface area contributed by atoms with E-state index in [9.17, 15) is 4.79 Å². The summed E-state index contributed by atoms with van der Waals surface area (Å²) in [6.07, 6.45) is 3.90. The summed E-state index contributed by atoms with van der Waals surface area (Å²) in [6.45, 7) is 10.00. The van der Waals surface area contributed by atoms with E-state index in [1.807, 2.05) is 4.90 Å². The minimum atomic E-state index is -0.199. The molecule has 0 spiro atoms. The Morgan fingerprint density at radius 3 is 2.39 bits per heavy atom. The Kier molecular flexibility index (Phi) is 11.9. The Morgan fingerprint density at radius 2 is 1.66 bits per heavy atom. The standard InChI is InChI=1S/C35H51N3O6/c1-25-7-5-8-26(2)38(25)34(39)24-44-33-21-36-20-32(35(33)29-12-9-27(10-13-29)22-41-4)43-23-28-11-14-31-30(19-28)37(16-18-42-31)15-6-17-40-3/h9-14,19,25-26,32-33,35-36H,5-8,15-18,20-24H2,1-4H3/t25-,26+,32-,33+,35+/m0/s1. The number of fused-ring (bicyclic) bond motifs is 1. The number of carbonyl (C=O) groups excluding carboxylic acids is 1. The fraction of sp³-hybridized carbons (Fsp3) is 0.629. The lowest BCUT2D eigenvalue weighted by atomic mass is 9.85. The number of benzene rings is 2. The Hall–Kier alpha value is -2.69. The molecule has 2 fully saturated rings. The number of hydrogen-bond donors (Lipinski definition) is 1. The van der Waals surface area contributed by atoms with Crippen LogP contribution in [0.4, 0.5) is 5.69 Å². The zero-order valence-corrected chi connectivity index (χ0v) is 27.0. The van der Waals surface area contributed by atoms with Crippen molar-refractivity contribution >= 4 is 11.6 Å². The van der Waals surface area contributed by atoms with Crippen molar-refractivity contribution in [2.45, 2.75) is 83.0 Å². The van der Waals surface area contributed by atoms with Gasteiger partial charge in [-0.1, -0.05) is 30.3 Å². The molecular weight excluding hydrogens is 558 g/mol. The van der Waals surface area contributed by atoms with E-state index in [-0.39, 0.29) is 42.7 Å². The van der Waals surface area contributed by atoms with Crippen LogP contribution in [0, 0.1) is 0 Å². The fourth-order valence-corrected chi connectivity index (χ4v) is 7.03. The molecule has 0 unspecified atom stereocenters. The molecule has 3 aliphatic rings.